The van der Waals surface area contributed by atoms with E-state index >= 15 is 0 Å². The summed E-state index contributed by atoms with van der Waals surface area (Å²) in [6.07, 6.45) is 0. The summed E-state index contributed by atoms with van der Waals surface area (Å²) < 4.78 is 0. The highest BCUT2D eigenvalue weighted by Gasteiger charge is 2.25. The molecule has 0 saturated heterocycles. The second-order valence-electron chi connectivity index (χ2n) is 5.94. The van der Waals surface area contributed by atoms with Crippen molar-refractivity contribution in [2.45, 2.75) is 53.1 Å². The van der Waals surface area contributed by atoms with Crippen molar-refractivity contribution in [1.29, 1.82) is 0 Å². The third-order valence-corrected chi connectivity index (χ3v) is 2.74. The molecule has 100 valence electrons. The summed E-state index contributed by atoms with van der Waals surface area (Å²) >= 11 is 0. The first-order valence-electron chi connectivity index (χ1n) is 6.39. The van der Waals surface area contributed by atoms with E-state index in [4.69, 9.17) is 0 Å². The first kappa shape index (κ1) is 14.7. The van der Waals surface area contributed by atoms with Gasteiger partial charge in [0.15, 0.2) is 0 Å². The van der Waals surface area contributed by atoms with Gasteiger partial charge in [0.1, 0.15) is 0 Å². The Balaban J connectivity index is 2.86. The molecule has 1 N–H and O–H groups in total. The Labute approximate surface area is 110 Å². The molecule has 18 heavy (non-hydrogen) atoms. The van der Waals surface area contributed by atoms with Crippen LogP contribution in [0.15, 0.2) is 24.3 Å². The summed E-state index contributed by atoms with van der Waals surface area (Å²) in [4.78, 5) is 12.2. The molecule has 1 amide bonds. The van der Waals surface area contributed by atoms with E-state index in [2.05, 4.69) is 40.0 Å². The lowest BCUT2D eigenvalue weighted by Crippen LogP contribution is -2.56. The van der Waals surface area contributed by atoms with Gasteiger partial charge in [-0.3, -0.25) is 10.2 Å². The van der Waals surface area contributed by atoms with E-state index in [0.29, 0.717) is 5.56 Å². The van der Waals surface area contributed by atoms with Gasteiger partial charge in [-0.25, -0.2) is 5.01 Å². The number of carbonyl (C=O) groups is 1. The van der Waals surface area contributed by atoms with E-state index in [-0.39, 0.29) is 17.5 Å². The van der Waals surface area contributed by atoms with Crippen molar-refractivity contribution in [2.24, 2.45) is 0 Å². The van der Waals surface area contributed by atoms with Crippen LogP contribution < -0.4 is 5.43 Å². The number of hydrogen-bond acceptors (Lipinski definition) is 2. The number of nitrogens with one attached hydrogen (secondary N) is 1. The van der Waals surface area contributed by atoms with E-state index in [1.165, 1.54) is 0 Å². The summed E-state index contributed by atoms with van der Waals surface area (Å²) in [5.41, 5.74) is 4.68. The number of nitrogens with zero attached hydrogens (tertiary/aromatic N) is 1. The third-order valence-electron chi connectivity index (χ3n) is 2.74. The van der Waals surface area contributed by atoms with E-state index in [1.807, 2.05) is 36.2 Å². The summed E-state index contributed by atoms with van der Waals surface area (Å²) in [6.45, 7) is 12.4. The molecule has 0 aliphatic rings. The maximum absolute atomic E-state index is 12.2. The second-order valence-corrected chi connectivity index (χ2v) is 5.94. The standard InChI is InChI=1S/C15H24N2O/c1-11(2)17(15(4,5)6)16-14(18)13-9-7-8-12(3)10-13/h7-11H,1-6H3,(H,16,18). The van der Waals surface area contributed by atoms with Crippen molar-refractivity contribution >= 4 is 5.91 Å². The highest BCUT2D eigenvalue weighted by atomic mass is 16.2. The van der Waals surface area contributed by atoms with Crippen LogP contribution in [0.3, 0.4) is 0 Å². The minimum absolute atomic E-state index is 0.0534. The SMILES string of the molecule is Cc1cccc(C(=O)NN(C(C)C)C(C)(C)C)c1. The number of rotatable bonds is 3. The summed E-state index contributed by atoms with van der Waals surface area (Å²) in [5, 5.41) is 1.98. The molecule has 0 heterocycles. The van der Waals surface area contributed by atoms with Gasteiger partial charge in [0, 0.05) is 17.1 Å². The van der Waals surface area contributed by atoms with E-state index in [9.17, 15) is 4.79 Å². The number of amides is 1. The Hall–Kier alpha value is -1.35. The molecule has 3 nitrogen and oxygen atoms in total. The van der Waals surface area contributed by atoms with Crippen molar-refractivity contribution in [2.75, 3.05) is 0 Å². The molecule has 0 aliphatic heterocycles. The molecular formula is C15H24N2O. The fourth-order valence-corrected chi connectivity index (χ4v) is 2.03. The number of benzene rings is 1. The van der Waals surface area contributed by atoms with Crippen molar-refractivity contribution in [3.63, 3.8) is 0 Å². The van der Waals surface area contributed by atoms with Gasteiger partial charge < -0.3 is 0 Å². The highest BCUT2D eigenvalue weighted by Crippen LogP contribution is 2.14. The predicted molar refractivity (Wildman–Crippen MR) is 75.4 cm³/mol. The Morgan fingerprint density at radius 1 is 1.28 bits per heavy atom. The zero-order valence-corrected chi connectivity index (χ0v) is 12.2. The molecule has 0 aliphatic carbocycles. The van der Waals surface area contributed by atoms with Crippen LogP contribution in [0.1, 0.15) is 50.5 Å². The van der Waals surface area contributed by atoms with E-state index < -0.39 is 0 Å². The monoisotopic (exact) mass is 248 g/mol. The first-order valence-corrected chi connectivity index (χ1v) is 6.39. The average molecular weight is 248 g/mol. The van der Waals surface area contributed by atoms with Gasteiger partial charge >= 0.3 is 0 Å². The topological polar surface area (TPSA) is 32.3 Å². The van der Waals surface area contributed by atoms with Crippen LogP contribution in [0, 0.1) is 6.92 Å². The number of carbonyl (C=O) groups excluding carboxylic acids is 1. The molecule has 3 heteroatoms. The number of hydrogen-bond donors (Lipinski definition) is 1. The zero-order valence-electron chi connectivity index (χ0n) is 12.2. The van der Waals surface area contributed by atoms with Gasteiger partial charge in [-0.15, -0.1) is 0 Å². The van der Waals surface area contributed by atoms with Crippen molar-refractivity contribution < 1.29 is 4.79 Å². The zero-order chi connectivity index (χ0) is 13.9. The van der Waals surface area contributed by atoms with Crippen LogP contribution in [-0.4, -0.2) is 22.5 Å². The molecule has 1 aromatic carbocycles. The largest absolute Gasteiger partial charge is 0.284 e. The summed E-state index contributed by atoms with van der Waals surface area (Å²) in [6, 6.07) is 7.88. The van der Waals surface area contributed by atoms with E-state index in [0.717, 1.165) is 5.56 Å². The molecule has 1 aromatic rings. The van der Waals surface area contributed by atoms with Crippen LogP contribution >= 0.6 is 0 Å². The Morgan fingerprint density at radius 3 is 2.33 bits per heavy atom. The second kappa shape index (κ2) is 5.53. The molecule has 0 unspecified atom stereocenters. The van der Waals surface area contributed by atoms with Crippen molar-refractivity contribution in [1.82, 2.24) is 10.4 Å². The van der Waals surface area contributed by atoms with Gasteiger partial charge in [-0.05, 0) is 53.7 Å². The van der Waals surface area contributed by atoms with Crippen LogP contribution in [-0.2, 0) is 0 Å². The van der Waals surface area contributed by atoms with Crippen LogP contribution in [0.4, 0.5) is 0 Å². The van der Waals surface area contributed by atoms with Gasteiger partial charge in [-0.1, -0.05) is 17.7 Å². The van der Waals surface area contributed by atoms with Gasteiger partial charge in [0.25, 0.3) is 5.91 Å². The maximum Gasteiger partial charge on any atom is 0.265 e. The van der Waals surface area contributed by atoms with Crippen molar-refractivity contribution in [3.05, 3.63) is 35.4 Å². The molecule has 0 radical (unpaired) electrons. The molecular weight excluding hydrogens is 224 g/mol. The minimum atomic E-state index is -0.104. The normalized spacial score (nSPS) is 12.0. The van der Waals surface area contributed by atoms with E-state index in [1.54, 1.807) is 0 Å². The Bertz CT molecular complexity index is 419. The summed E-state index contributed by atoms with van der Waals surface area (Å²) in [7, 11) is 0. The lowest BCUT2D eigenvalue weighted by Gasteiger charge is -2.38. The van der Waals surface area contributed by atoms with Gasteiger partial charge in [-0.2, -0.15) is 0 Å². The molecule has 0 saturated carbocycles. The molecule has 1 rings (SSSR count). The fraction of sp³-hybridized carbons (Fsp3) is 0.533. The molecule has 0 atom stereocenters. The predicted octanol–water partition coefficient (Wildman–Crippen LogP) is 3.15. The van der Waals surface area contributed by atoms with Crippen LogP contribution in [0.5, 0.6) is 0 Å². The van der Waals surface area contributed by atoms with Crippen LogP contribution in [0.2, 0.25) is 0 Å². The summed E-state index contributed by atoms with van der Waals surface area (Å²) in [5.74, 6) is -0.0534. The smallest absolute Gasteiger partial charge is 0.265 e. The Morgan fingerprint density at radius 2 is 1.89 bits per heavy atom. The third kappa shape index (κ3) is 3.84. The van der Waals surface area contributed by atoms with Gasteiger partial charge in [0.05, 0.1) is 0 Å². The fourth-order valence-electron chi connectivity index (χ4n) is 2.03. The average Bonchev–Trinajstić information content (AvgIpc) is 2.23. The molecule has 0 fully saturated rings. The number of hydrazine groups is 1. The number of aryl methyl sites for hydroxylation is 1. The van der Waals surface area contributed by atoms with Crippen LogP contribution in [0.25, 0.3) is 0 Å². The van der Waals surface area contributed by atoms with Gasteiger partial charge in [0.2, 0.25) is 0 Å². The highest BCUT2D eigenvalue weighted by molar-refractivity contribution is 5.94. The van der Waals surface area contributed by atoms with Crippen molar-refractivity contribution in [3.8, 4) is 0 Å². The first-order chi connectivity index (χ1) is 8.21. The lowest BCUT2D eigenvalue weighted by atomic mass is 10.1. The lowest BCUT2D eigenvalue weighted by molar-refractivity contribution is 0.0316. The quantitative estimate of drug-likeness (QED) is 0.833. The molecule has 0 aromatic heterocycles. The maximum atomic E-state index is 12.2. The molecule has 0 bridgehead atoms. The molecule has 0 spiro atoms. The Kier molecular flexibility index (Phi) is 4.52. The minimum Gasteiger partial charge on any atom is -0.284 e.